The lowest BCUT2D eigenvalue weighted by molar-refractivity contribution is -0.115. The summed E-state index contributed by atoms with van der Waals surface area (Å²) in [5.41, 5.74) is 0.767. The molecule has 4 saturated carbocycles. The zero-order valence-corrected chi connectivity index (χ0v) is 17.3. The van der Waals surface area contributed by atoms with E-state index in [4.69, 9.17) is 4.74 Å². The maximum atomic E-state index is 12.4. The highest BCUT2D eigenvalue weighted by Gasteiger charge is 2.60. The molecule has 0 radical (unpaired) electrons. The second kappa shape index (κ2) is 6.93. The lowest BCUT2D eigenvalue weighted by Crippen LogP contribution is -2.65. The van der Waals surface area contributed by atoms with Crippen molar-refractivity contribution in [3.63, 3.8) is 0 Å². The normalized spacial score (nSPS) is 37.5. The lowest BCUT2D eigenvalue weighted by Gasteiger charge is -2.65. The first-order valence-corrected chi connectivity index (χ1v) is 11.9. The average Bonchev–Trinajstić information content (AvgIpc) is 2.51. The summed E-state index contributed by atoms with van der Waals surface area (Å²) >= 11 is 0. The molecule has 4 fully saturated rings. The van der Waals surface area contributed by atoms with Gasteiger partial charge in [-0.3, -0.25) is 0 Å². The maximum absolute atomic E-state index is 12.4. The van der Waals surface area contributed by atoms with Gasteiger partial charge in [0.05, 0.1) is 0 Å². The van der Waals surface area contributed by atoms with Gasteiger partial charge in [-0.25, -0.2) is 9.78 Å². The van der Waals surface area contributed by atoms with Crippen LogP contribution in [0.1, 0.15) is 52.4 Å². The van der Waals surface area contributed by atoms with Gasteiger partial charge in [-0.1, -0.05) is 30.7 Å². The minimum Gasteiger partial charge on any atom is -0.449 e. The summed E-state index contributed by atoms with van der Waals surface area (Å²) in [4.78, 5) is 16.7. The van der Waals surface area contributed by atoms with Crippen LogP contribution in [0.3, 0.4) is 0 Å². The van der Waals surface area contributed by atoms with Crippen molar-refractivity contribution in [1.82, 2.24) is 10.3 Å². The van der Waals surface area contributed by atoms with Gasteiger partial charge in [0.2, 0.25) is 0 Å². The van der Waals surface area contributed by atoms with Crippen molar-refractivity contribution < 1.29 is 9.53 Å². The number of rotatable bonds is 6. The predicted molar refractivity (Wildman–Crippen MR) is 107 cm³/mol. The van der Waals surface area contributed by atoms with Crippen molar-refractivity contribution in [3.8, 4) is 0 Å². The van der Waals surface area contributed by atoms with Crippen molar-refractivity contribution in [1.29, 1.82) is 0 Å². The third-order valence-corrected chi connectivity index (χ3v) is 8.40. The second-order valence-electron chi connectivity index (χ2n) is 9.24. The molecule has 2 atom stereocenters. The van der Waals surface area contributed by atoms with Gasteiger partial charge in [0.15, 0.2) is 0 Å². The van der Waals surface area contributed by atoms with E-state index in [1.54, 1.807) is 27.8 Å². The number of nitrogens with one attached hydrogen (secondary N) is 1. The molecule has 4 aliphatic rings. The Bertz CT molecular complexity index is 651. The molecule has 6 heteroatoms. The summed E-state index contributed by atoms with van der Waals surface area (Å²) in [6.07, 6.45) is 8.91. The molecule has 4 nitrogen and oxygen atoms in total. The molecule has 0 aliphatic heterocycles. The van der Waals surface area contributed by atoms with Gasteiger partial charge in [-0.15, -0.1) is 0 Å². The number of nitrogens with zero attached hydrogens (tertiary/aromatic N) is 1. The quantitative estimate of drug-likeness (QED) is 0.526. The van der Waals surface area contributed by atoms with Crippen LogP contribution in [0.15, 0.2) is 29.4 Å². The molecule has 2 unspecified atom stereocenters. The topological polar surface area (TPSA) is 51.2 Å². The number of amides is 1. The molecule has 1 aromatic rings. The highest BCUT2D eigenvalue weighted by atomic mass is 33.1. The molecule has 5 rings (SSSR count). The van der Waals surface area contributed by atoms with Gasteiger partial charge in [0.25, 0.3) is 0 Å². The Labute approximate surface area is 164 Å². The van der Waals surface area contributed by atoms with Gasteiger partial charge in [-0.05, 0) is 78.2 Å². The Kier molecular flexibility index (Phi) is 4.93. The summed E-state index contributed by atoms with van der Waals surface area (Å²) in [6, 6.07) is 5.87. The largest absolute Gasteiger partial charge is 0.449 e. The van der Waals surface area contributed by atoms with E-state index in [-0.39, 0.29) is 11.6 Å². The van der Waals surface area contributed by atoms with Crippen LogP contribution < -0.4 is 5.32 Å². The Morgan fingerprint density at radius 3 is 2.65 bits per heavy atom. The molecule has 1 N–H and O–H groups in total. The molecule has 1 amide bonds. The first kappa shape index (κ1) is 18.5. The fourth-order valence-corrected chi connectivity index (χ4v) is 8.21. The number of carbonyl (C=O) groups excluding carboxylic acids is 1. The van der Waals surface area contributed by atoms with Gasteiger partial charge < -0.3 is 10.1 Å². The standard InChI is InChI=1S/C20H28N2O2S2/c1-18-9-15-10-19(2,12-18)14-20(11-15,13-18)22-17(23)24-7-8-25-26-16-5-3-4-6-21-16/h3-6,15H,7-14H2,1-2H3,(H,22,23). The number of hydrogen-bond donors (Lipinski definition) is 1. The second-order valence-corrected chi connectivity index (χ2v) is 11.7. The Hall–Kier alpha value is -0.880. The fourth-order valence-electron chi connectivity index (χ4n) is 6.51. The van der Waals surface area contributed by atoms with E-state index >= 15 is 0 Å². The van der Waals surface area contributed by atoms with Crippen LogP contribution in [0.4, 0.5) is 4.79 Å². The van der Waals surface area contributed by atoms with E-state index in [9.17, 15) is 4.79 Å². The van der Waals surface area contributed by atoms with E-state index in [0.717, 1.165) is 36.0 Å². The molecule has 0 saturated heterocycles. The first-order valence-electron chi connectivity index (χ1n) is 9.53. The number of aromatic nitrogens is 1. The molecule has 142 valence electrons. The highest BCUT2D eigenvalue weighted by molar-refractivity contribution is 8.76. The molecule has 4 bridgehead atoms. The third-order valence-electron chi connectivity index (χ3n) is 6.18. The average molecular weight is 393 g/mol. The van der Waals surface area contributed by atoms with Gasteiger partial charge in [0.1, 0.15) is 11.6 Å². The first-order chi connectivity index (χ1) is 12.4. The zero-order chi connectivity index (χ0) is 18.3. The van der Waals surface area contributed by atoms with E-state index in [1.807, 2.05) is 18.2 Å². The minimum absolute atomic E-state index is 0.0319. The monoisotopic (exact) mass is 392 g/mol. The van der Waals surface area contributed by atoms with Crippen molar-refractivity contribution in [3.05, 3.63) is 24.4 Å². The Balaban J connectivity index is 1.24. The molecular weight excluding hydrogens is 364 g/mol. The molecule has 0 spiro atoms. The number of alkyl carbamates (subject to hydrolysis) is 1. The highest BCUT2D eigenvalue weighted by Crippen LogP contribution is 2.66. The Morgan fingerprint density at radius 2 is 2.00 bits per heavy atom. The fraction of sp³-hybridized carbons (Fsp3) is 0.700. The van der Waals surface area contributed by atoms with E-state index < -0.39 is 0 Å². The number of pyridine rings is 1. The molecular formula is C20H28N2O2S2. The van der Waals surface area contributed by atoms with E-state index in [2.05, 4.69) is 24.1 Å². The van der Waals surface area contributed by atoms with Crippen molar-refractivity contribution in [2.45, 2.75) is 62.9 Å². The molecule has 26 heavy (non-hydrogen) atoms. The predicted octanol–water partition coefficient (Wildman–Crippen LogP) is 5.30. The van der Waals surface area contributed by atoms with E-state index in [0.29, 0.717) is 17.4 Å². The van der Waals surface area contributed by atoms with Crippen molar-refractivity contribution >= 4 is 27.7 Å². The summed E-state index contributed by atoms with van der Waals surface area (Å²) in [5, 5.41) is 4.28. The minimum atomic E-state index is -0.234. The van der Waals surface area contributed by atoms with Crippen molar-refractivity contribution in [2.24, 2.45) is 16.7 Å². The summed E-state index contributed by atoms with van der Waals surface area (Å²) in [6.45, 7) is 5.27. The summed E-state index contributed by atoms with van der Waals surface area (Å²) < 4.78 is 5.48. The van der Waals surface area contributed by atoms with Crippen LogP contribution in [-0.4, -0.2) is 29.0 Å². The number of carbonyl (C=O) groups is 1. The summed E-state index contributed by atoms with van der Waals surface area (Å²) in [7, 11) is 3.29. The van der Waals surface area contributed by atoms with Crippen LogP contribution in [0.2, 0.25) is 0 Å². The van der Waals surface area contributed by atoms with Crippen LogP contribution >= 0.6 is 21.6 Å². The Morgan fingerprint density at radius 1 is 1.23 bits per heavy atom. The molecule has 0 aromatic carbocycles. The lowest BCUT2D eigenvalue weighted by atomic mass is 9.43. The SMILES string of the molecule is CC12CC3CC(C)(C1)CC(NC(=O)OCCSSc1ccccn1)(C3)C2. The van der Waals surface area contributed by atoms with Gasteiger partial charge >= 0.3 is 6.09 Å². The molecule has 1 heterocycles. The maximum Gasteiger partial charge on any atom is 0.407 e. The summed E-state index contributed by atoms with van der Waals surface area (Å²) in [5.74, 6) is 1.53. The number of hydrogen-bond acceptors (Lipinski definition) is 5. The van der Waals surface area contributed by atoms with Crippen molar-refractivity contribution in [2.75, 3.05) is 12.4 Å². The molecule has 1 aromatic heterocycles. The number of ether oxygens (including phenoxy) is 1. The molecule has 4 aliphatic carbocycles. The van der Waals surface area contributed by atoms with Crippen LogP contribution in [0, 0.1) is 16.7 Å². The smallest absolute Gasteiger partial charge is 0.407 e. The van der Waals surface area contributed by atoms with Crippen LogP contribution in [-0.2, 0) is 4.74 Å². The van der Waals surface area contributed by atoms with E-state index in [1.165, 1.54) is 19.3 Å². The third kappa shape index (κ3) is 4.01. The van der Waals surface area contributed by atoms with Crippen LogP contribution in [0.5, 0.6) is 0 Å². The van der Waals surface area contributed by atoms with Gasteiger partial charge in [0, 0.05) is 17.5 Å². The van der Waals surface area contributed by atoms with Gasteiger partial charge in [-0.2, -0.15) is 0 Å². The zero-order valence-electron chi connectivity index (χ0n) is 15.6. The van der Waals surface area contributed by atoms with Crippen LogP contribution in [0.25, 0.3) is 0 Å².